The van der Waals surface area contributed by atoms with Gasteiger partial charge in [0.05, 0.1) is 6.10 Å². The van der Waals surface area contributed by atoms with Crippen molar-refractivity contribution >= 4 is 17.6 Å². The molecule has 94 valence electrons. The molecule has 17 heavy (non-hydrogen) atoms. The van der Waals surface area contributed by atoms with Crippen molar-refractivity contribution in [3.05, 3.63) is 28.8 Å². The van der Waals surface area contributed by atoms with Gasteiger partial charge in [0.1, 0.15) is 5.75 Å². The molecule has 0 aliphatic rings. The van der Waals surface area contributed by atoms with Crippen molar-refractivity contribution in [3.8, 4) is 5.75 Å². The van der Waals surface area contributed by atoms with Crippen LogP contribution >= 0.6 is 11.6 Å². The number of halogens is 1. The molecule has 0 unspecified atom stereocenters. The smallest absolute Gasteiger partial charge is 0.344 e. The molecule has 0 saturated heterocycles. The summed E-state index contributed by atoms with van der Waals surface area (Å²) in [5.41, 5.74) is 0.897. The number of carbonyl (C=O) groups is 1. The van der Waals surface area contributed by atoms with Crippen LogP contribution in [0.25, 0.3) is 0 Å². The second-order valence-electron chi connectivity index (χ2n) is 3.91. The SMILES string of the molecule is CC[C@@H](C)OC(=O)COc1ccc(Cl)cc1C. The van der Waals surface area contributed by atoms with E-state index in [-0.39, 0.29) is 18.7 Å². The fraction of sp³-hybridized carbons (Fsp3) is 0.462. The molecule has 3 nitrogen and oxygen atoms in total. The topological polar surface area (TPSA) is 35.5 Å². The number of rotatable bonds is 5. The van der Waals surface area contributed by atoms with E-state index in [9.17, 15) is 4.79 Å². The molecule has 0 bridgehead atoms. The fourth-order valence-electron chi connectivity index (χ4n) is 1.25. The molecule has 1 aromatic carbocycles. The van der Waals surface area contributed by atoms with Crippen LogP contribution in [-0.2, 0) is 9.53 Å². The van der Waals surface area contributed by atoms with Gasteiger partial charge in [-0.15, -0.1) is 0 Å². The second-order valence-corrected chi connectivity index (χ2v) is 4.34. The van der Waals surface area contributed by atoms with Crippen LogP contribution < -0.4 is 4.74 Å². The van der Waals surface area contributed by atoms with E-state index in [2.05, 4.69) is 0 Å². The molecule has 0 aliphatic carbocycles. The monoisotopic (exact) mass is 256 g/mol. The minimum absolute atomic E-state index is 0.0718. The molecule has 1 atom stereocenters. The minimum Gasteiger partial charge on any atom is -0.482 e. The summed E-state index contributed by atoms with van der Waals surface area (Å²) in [7, 11) is 0. The van der Waals surface area contributed by atoms with E-state index in [4.69, 9.17) is 21.1 Å². The highest BCUT2D eigenvalue weighted by Gasteiger charge is 2.09. The normalized spacial score (nSPS) is 12.0. The van der Waals surface area contributed by atoms with Gasteiger partial charge in [0, 0.05) is 5.02 Å². The maximum atomic E-state index is 11.4. The van der Waals surface area contributed by atoms with Crippen molar-refractivity contribution in [1.82, 2.24) is 0 Å². The van der Waals surface area contributed by atoms with E-state index in [1.807, 2.05) is 20.8 Å². The van der Waals surface area contributed by atoms with Gasteiger partial charge in [-0.25, -0.2) is 4.79 Å². The number of esters is 1. The summed E-state index contributed by atoms with van der Waals surface area (Å²) in [6.07, 6.45) is 0.725. The Bertz CT molecular complexity index is 390. The van der Waals surface area contributed by atoms with Gasteiger partial charge in [0.15, 0.2) is 6.61 Å². The van der Waals surface area contributed by atoms with Crippen molar-refractivity contribution in [2.24, 2.45) is 0 Å². The summed E-state index contributed by atoms with van der Waals surface area (Å²) < 4.78 is 10.5. The molecule has 0 radical (unpaired) electrons. The molecular weight excluding hydrogens is 240 g/mol. The Kier molecular flexibility index (Phi) is 5.29. The Morgan fingerprint density at radius 3 is 2.76 bits per heavy atom. The van der Waals surface area contributed by atoms with Crippen LogP contribution in [0.15, 0.2) is 18.2 Å². The zero-order valence-corrected chi connectivity index (χ0v) is 11.1. The van der Waals surface area contributed by atoms with E-state index in [0.717, 1.165) is 12.0 Å². The van der Waals surface area contributed by atoms with Gasteiger partial charge in [0.2, 0.25) is 0 Å². The van der Waals surface area contributed by atoms with Gasteiger partial charge in [-0.2, -0.15) is 0 Å². The van der Waals surface area contributed by atoms with Gasteiger partial charge >= 0.3 is 5.97 Å². The molecule has 0 N–H and O–H groups in total. The van der Waals surface area contributed by atoms with E-state index < -0.39 is 0 Å². The van der Waals surface area contributed by atoms with Crippen LogP contribution in [0.2, 0.25) is 5.02 Å². The highest BCUT2D eigenvalue weighted by Crippen LogP contribution is 2.21. The molecule has 0 heterocycles. The quantitative estimate of drug-likeness (QED) is 0.758. The molecule has 1 aromatic rings. The zero-order valence-electron chi connectivity index (χ0n) is 10.3. The Morgan fingerprint density at radius 2 is 2.18 bits per heavy atom. The maximum Gasteiger partial charge on any atom is 0.344 e. The first kappa shape index (κ1) is 13.8. The lowest BCUT2D eigenvalue weighted by Crippen LogP contribution is -2.20. The first-order valence-corrected chi connectivity index (χ1v) is 5.99. The molecule has 0 aromatic heterocycles. The van der Waals surface area contributed by atoms with Crippen LogP contribution in [0.3, 0.4) is 0 Å². The Labute approximate surface area is 107 Å². The third kappa shape index (κ3) is 4.65. The number of carbonyl (C=O) groups excluding carboxylic acids is 1. The van der Waals surface area contributed by atoms with E-state index in [0.29, 0.717) is 10.8 Å². The number of aryl methyl sites for hydroxylation is 1. The van der Waals surface area contributed by atoms with Crippen molar-refractivity contribution in [2.45, 2.75) is 33.3 Å². The van der Waals surface area contributed by atoms with Crippen LogP contribution in [0.1, 0.15) is 25.8 Å². The standard InChI is InChI=1S/C13H17ClO3/c1-4-10(3)17-13(15)8-16-12-6-5-11(14)7-9(12)2/h5-7,10H,4,8H2,1-3H3/t10-/m1/s1. The molecule has 0 spiro atoms. The average Bonchev–Trinajstić information content (AvgIpc) is 2.27. The van der Waals surface area contributed by atoms with E-state index in [1.165, 1.54) is 0 Å². The number of benzene rings is 1. The molecule has 0 fully saturated rings. The van der Waals surface area contributed by atoms with Gasteiger partial charge in [0.25, 0.3) is 0 Å². The van der Waals surface area contributed by atoms with Crippen molar-refractivity contribution in [1.29, 1.82) is 0 Å². The van der Waals surface area contributed by atoms with Crippen molar-refractivity contribution in [3.63, 3.8) is 0 Å². The first-order valence-electron chi connectivity index (χ1n) is 5.61. The first-order chi connectivity index (χ1) is 8.02. The third-order valence-electron chi connectivity index (χ3n) is 2.39. The minimum atomic E-state index is -0.353. The lowest BCUT2D eigenvalue weighted by Gasteiger charge is -2.12. The van der Waals surface area contributed by atoms with Gasteiger partial charge in [-0.3, -0.25) is 0 Å². The largest absolute Gasteiger partial charge is 0.482 e. The molecule has 4 heteroatoms. The Morgan fingerprint density at radius 1 is 1.47 bits per heavy atom. The zero-order chi connectivity index (χ0) is 12.8. The summed E-state index contributed by atoms with van der Waals surface area (Å²) in [6.45, 7) is 5.61. The lowest BCUT2D eigenvalue weighted by atomic mass is 10.2. The highest BCUT2D eigenvalue weighted by molar-refractivity contribution is 6.30. The number of hydrogen-bond acceptors (Lipinski definition) is 3. The highest BCUT2D eigenvalue weighted by atomic mass is 35.5. The van der Waals surface area contributed by atoms with Crippen LogP contribution in [0.4, 0.5) is 0 Å². The number of ether oxygens (including phenoxy) is 2. The summed E-state index contributed by atoms with van der Waals surface area (Å²) in [5.74, 6) is 0.296. The number of hydrogen-bond donors (Lipinski definition) is 0. The fourth-order valence-corrected chi connectivity index (χ4v) is 1.48. The van der Waals surface area contributed by atoms with Crippen LogP contribution in [0, 0.1) is 6.92 Å². The molecular formula is C13H17ClO3. The second kappa shape index (κ2) is 6.50. The Balaban J connectivity index is 2.47. The summed E-state index contributed by atoms with van der Waals surface area (Å²) in [6, 6.07) is 5.26. The summed E-state index contributed by atoms with van der Waals surface area (Å²) in [4.78, 5) is 11.4. The van der Waals surface area contributed by atoms with Crippen molar-refractivity contribution < 1.29 is 14.3 Å². The van der Waals surface area contributed by atoms with Gasteiger partial charge in [-0.1, -0.05) is 18.5 Å². The maximum absolute atomic E-state index is 11.4. The van der Waals surface area contributed by atoms with E-state index >= 15 is 0 Å². The molecule has 0 aliphatic heterocycles. The molecule has 0 amide bonds. The summed E-state index contributed by atoms with van der Waals surface area (Å²) >= 11 is 5.82. The van der Waals surface area contributed by atoms with Gasteiger partial charge < -0.3 is 9.47 Å². The summed E-state index contributed by atoms with van der Waals surface area (Å²) in [5, 5.41) is 0.650. The predicted molar refractivity (Wildman–Crippen MR) is 67.5 cm³/mol. The van der Waals surface area contributed by atoms with E-state index in [1.54, 1.807) is 18.2 Å². The average molecular weight is 257 g/mol. The predicted octanol–water partition coefficient (Wildman–Crippen LogP) is 3.37. The van der Waals surface area contributed by atoms with Gasteiger partial charge in [-0.05, 0) is 44.0 Å². The molecule has 0 saturated carbocycles. The third-order valence-corrected chi connectivity index (χ3v) is 2.63. The Hall–Kier alpha value is -1.22. The van der Waals surface area contributed by atoms with Crippen LogP contribution in [0.5, 0.6) is 5.75 Å². The lowest BCUT2D eigenvalue weighted by molar-refractivity contribution is -0.150. The molecule has 1 rings (SSSR count). The van der Waals surface area contributed by atoms with Crippen molar-refractivity contribution in [2.75, 3.05) is 6.61 Å². The van der Waals surface area contributed by atoms with Crippen LogP contribution in [-0.4, -0.2) is 18.7 Å².